The van der Waals surface area contributed by atoms with Crippen LogP contribution in [0.15, 0.2) is 73.6 Å². The van der Waals surface area contributed by atoms with Crippen LogP contribution in [0.5, 0.6) is 5.75 Å². The number of carbonyl (C=O) groups excluding carboxylic acids is 1. The number of benzene rings is 1. The van der Waals surface area contributed by atoms with Crippen LogP contribution in [0.25, 0.3) is 5.70 Å². The van der Waals surface area contributed by atoms with Crippen LogP contribution in [0.1, 0.15) is 16.8 Å². The maximum absolute atomic E-state index is 12.6. The van der Waals surface area contributed by atoms with Gasteiger partial charge in [0, 0.05) is 49.3 Å². The Morgan fingerprint density at radius 1 is 1.06 bits per heavy atom. The highest BCUT2D eigenvalue weighted by Crippen LogP contribution is 2.18. The lowest BCUT2D eigenvalue weighted by Crippen LogP contribution is -2.50. The van der Waals surface area contributed by atoms with E-state index in [4.69, 9.17) is 4.74 Å². The van der Waals surface area contributed by atoms with Crippen molar-refractivity contribution in [3.05, 3.63) is 90.4 Å². The van der Waals surface area contributed by atoms with Gasteiger partial charge in [0.05, 0.1) is 12.7 Å². The van der Waals surface area contributed by atoms with Crippen molar-refractivity contribution < 1.29 is 9.53 Å². The topological polar surface area (TPSA) is 70.6 Å². The van der Waals surface area contributed by atoms with Crippen LogP contribution in [0.4, 0.5) is 5.82 Å². The second-order valence-electron chi connectivity index (χ2n) is 8.01. The van der Waals surface area contributed by atoms with E-state index in [1.54, 1.807) is 12.4 Å². The average molecular weight is 444 g/mol. The summed E-state index contributed by atoms with van der Waals surface area (Å²) in [7, 11) is 0. The number of hydrogen-bond donors (Lipinski definition) is 1. The molecule has 0 bridgehead atoms. The van der Waals surface area contributed by atoms with Gasteiger partial charge in [0.15, 0.2) is 0 Å². The van der Waals surface area contributed by atoms with Crippen LogP contribution in [0, 0.1) is 6.92 Å². The number of rotatable bonds is 8. The number of hydrogen-bond acceptors (Lipinski definition) is 6. The fourth-order valence-electron chi connectivity index (χ4n) is 3.70. The van der Waals surface area contributed by atoms with Crippen LogP contribution < -0.4 is 15.0 Å². The van der Waals surface area contributed by atoms with E-state index in [0.717, 1.165) is 47.2 Å². The Kier molecular flexibility index (Phi) is 7.19. The molecule has 7 nitrogen and oxygen atoms in total. The van der Waals surface area contributed by atoms with Crippen LogP contribution >= 0.6 is 0 Å². The molecule has 0 aliphatic carbocycles. The summed E-state index contributed by atoms with van der Waals surface area (Å²) in [4.78, 5) is 25.5. The molecule has 0 saturated carbocycles. The molecule has 0 radical (unpaired) electrons. The summed E-state index contributed by atoms with van der Waals surface area (Å²) < 4.78 is 5.82. The number of anilines is 1. The van der Waals surface area contributed by atoms with Crippen molar-refractivity contribution in [2.45, 2.75) is 13.5 Å². The molecular weight excluding hydrogens is 414 g/mol. The molecule has 1 aliphatic rings. The summed E-state index contributed by atoms with van der Waals surface area (Å²) in [6, 6.07) is 17.8. The Bertz CT molecular complexity index is 1080. The molecule has 1 aliphatic heterocycles. The van der Waals surface area contributed by atoms with Gasteiger partial charge in [0.1, 0.15) is 18.2 Å². The van der Waals surface area contributed by atoms with Crippen molar-refractivity contribution in [2.75, 3.05) is 37.6 Å². The first-order valence-corrected chi connectivity index (χ1v) is 11.1. The highest BCUT2D eigenvalue weighted by atomic mass is 16.5. The molecule has 0 unspecified atom stereocenters. The number of aromatic nitrogens is 2. The number of piperazine rings is 1. The smallest absolute Gasteiger partial charge is 0.241 e. The van der Waals surface area contributed by atoms with Gasteiger partial charge in [0.2, 0.25) is 5.91 Å². The lowest BCUT2D eigenvalue weighted by atomic mass is 10.2. The van der Waals surface area contributed by atoms with Gasteiger partial charge in [-0.2, -0.15) is 0 Å². The number of carbonyl (C=O) groups is 1. The molecule has 0 atom stereocenters. The minimum Gasteiger partial charge on any atom is -0.487 e. The van der Waals surface area contributed by atoms with Gasteiger partial charge in [-0.15, -0.1) is 0 Å². The minimum atomic E-state index is 0.0687. The monoisotopic (exact) mass is 443 g/mol. The Morgan fingerprint density at radius 3 is 2.55 bits per heavy atom. The van der Waals surface area contributed by atoms with E-state index in [1.165, 1.54) is 0 Å². The van der Waals surface area contributed by atoms with Crippen molar-refractivity contribution in [3.63, 3.8) is 0 Å². The quantitative estimate of drug-likeness (QED) is 0.576. The largest absolute Gasteiger partial charge is 0.487 e. The van der Waals surface area contributed by atoms with Gasteiger partial charge in [0.25, 0.3) is 0 Å². The molecule has 3 heterocycles. The van der Waals surface area contributed by atoms with E-state index in [9.17, 15) is 4.79 Å². The van der Waals surface area contributed by atoms with Gasteiger partial charge in [-0.1, -0.05) is 36.9 Å². The summed E-state index contributed by atoms with van der Waals surface area (Å²) >= 11 is 0. The number of pyridine rings is 2. The molecule has 1 aromatic carbocycles. The number of ether oxygens (including phenoxy) is 1. The lowest BCUT2D eigenvalue weighted by Gasteiger charge is -2.35. The third kappa shape index (κ3) is 6.10. The predicted molar refractivity (Wildman–Crippen MR) is 130 cm³/mol. The van der Waals surface area contributed by atoms with Crippen LogP contribution in [-0.2, 0) is 11.4 Å². The molecule has 3 aromatic rings. The van der Waals surface area contributed by atoms with Gasteiger partial charge in [-0.25, -0.2) is 4.98 Å². The summed E-state index contributed by atoms with van der Waals surface area (Å²) in [5.74, 6) is 1.71. The zero-order valence-corrected chi connectivity index (χ0v) is 18.9. The molecule has 1 amide bonds. The van der Waals surface area contributed by atoms with Crippen molar-refractivity contribution in [3.8, 4) is 5.75 Å². The Balaban J connectivity index is 1.22. The maximum atomic E-state index is 12.6. The molecule has 7 heteroatoms. The first kappa shape index (κ1) is 22.3. The molecule has 0 spiro atoms. The third-order valence-electron chi connectivity index (χ3n) is 5.62. The lowest BCUT2D eigenvalue weighted by molar-refractivity contribution is -0.130. The molecule has 1 fully saturated rings. The predicted octanol–water partition coefficient (Wildman–Crippen LogP) is 3.27. The van der Waals surface area contributed by atoms with Crippen LogP contribution in [0.3, 0.4) is 0 Å². The standard InChI is InChI=1S/C26H29N5O2/c1-20-16-23(10-11-27-20)21(2)28-18-26(32)31-14-12-30(13-15-31)25-9-8-24(17-29-25)33-19-22-6-4-3-5-7-22/h3-11,16-17,28H,2,12-15,18-19H2,1H3. The second kappa shape index (κ2) is 10.6. The highest BCUT2D eigenvalue weighted by molar-refractivity contribution is 5.80. The van der Waals surface area contributed by atoms with E-state index in [-0.39, 0.29) is 12.5 Å². The van der Waals surface area contributed by atoms with Crippen molar-refractivity contribution in [1.82, 2.24) is 20.2 Å². The normalized spacial score (nSPS) is 13.5. The SMILES string of the molecule is C=C(NCC(=O)N1CCN(c2ccc(OCc3ccccc3)cn2)CC1)c1ccnc(C)c1. The summed E-state index contributed by atoms with van der Waals surface area (Å²) in [6.45, 7) is 9.52. The zero-order chi connectivity index (χ0) is 23.0. The number of amides is 1. The molecular formula is C26H29N5O2. The third-order valence-corrected chi connectivity index (χ3v) is 5.62. The van der Waals surface area contributed by atoms with Crippen LogP contribution in [-0.4, -0.2) is 53.5 Å². The minimum absolute atomic E-state index is 0.0687. The Hall–Kier alpha value is -3.87. The fraction of sp³-hybridized carbons (Fsp3) is 0.269. The van der Waals surface area contributed by atoms with E-state index in [2.05, 4.69) is 26.8 Å². The van der Waals surface area contributed by atoms with Crippen molar-refractivity contribution >= 4 is 17.4 Å². The fourth-order valence-corrected chi connectivity index (χ4v) is 3.70. The maximum Gasteiger partial charge on any atom is 0.241 e. The first-order valence-electron chi connectivity index (χ1n) is 11.1. The summed E-state index contributed by atoms with van der Waals surface area (Å²) in [5, 5.41) is 3.14. The van der Waals surface area contributed by atoms with Gasteiger partial charge >= 0.3 is 0 Å². The van der Waals surface area contributed by atoms with E-state index in [0.29, 0.717) is 19.7 Å². The summed E-state index contributed by atoms with van der Waals surface area (Å²) in [5.41, 5.74) is 3.72. The van der Waals surface area contributed by atoms with E-state index < -0.39 is 0 Å². The first-order chi connectivity index (χ1) is 16.1. The highest BCUT2D eigenvalue weighted by Gasteiger charge is 2.21. The molecule has 33 heavy (non-hydrogen) atoms. The number of nitrogens with zero attached hydrogens (tertiary/aromatic N) is 4. The van der Waals surface area contributed by atoms with Crippen molar-refractivity contribution in [2.24, 2.45) is 0 Å². The number of aryl methyl sites for hydroxylation is 1. The molecule has 1 saturated heterocycles. The molecule has 1 N–H and O–H groups in total. The zero-order valence-electron chi connectivity index (χ0n) is 18.9. The second-order valence-corrected chi connectivity index (χ2v) is 8.01. The van der Waals surface area contributed by atoms with Gasteiger partial charge in [-0.3, -0.25) is 9.78 Å². The van der Waals surface area contributed by atoms with Crippen LogP contribution in [0.2, 0.25) is 0 Å². The Morgan fingerprint density at radius 2 is 1.85 bits per heavy atom. The molecule has 170 valence electrons. The Labute approximate surface area is 194 Å². The summed E-state index contributed by atoms with van der Waals surface area (Å²) in [6.07, 6.45) is 3.50. The van der Waals surface area contributed by atoms with Gasteiger partial charge in [-0.05, 0) is 36.8 Å². The number of nitrogens with one attached hydrogen (secondary N) is 1. The van der Waals surface area contributed by atoms with Crippen molar-refractivity contribution in [1.29, 1.82) is 0 Å². The molecule has 2 aromatic heterocycles. The average Bonchev–Trinajstić information content (AvgIpc) is 2.87. The van der Waals surface area contributed by atoms with E-state index in [1.807, 2.05) is 66.4 Å². The molecule has 4 rings (SSSR count). The van der Waals surface area contributed by atoms with E-state index >= 15 is 0 Å². The van der Waals surface area contributed by atoms with Gasteiger partial charge < -0.3 is 19.9 Å².